The first-order valence-electron chi connectivity index (χ1n) is 11.4. The van der Waals surface area contributed by atoms with E-state index in [0.717, 1.165) is 6.20 Å². The molecule has 0 unspecified atom stereocenters. The number of carboxylic acid groups (broad SMARTS) is 1. The van der Waals surface area contributed by atoms with Gasteiger partial charge in [-0.2, -0.15) is 13.2 Å². The third kappa shape index (κ3) is 4.72. The number of benzene rings is 1. The number of aromatic nitrogens is 2. The molecule has 3 heterocycles. The summed E-state index contributed by atoms with van der Waals surface area (Å²) in [5.41, 5.74) is -0.398. The number of rotatable bonds is 5. The van der Waals surface area contributed by atoms with E-state index in [0.29, 0.717) is 36.5 Å². The molecule has 0 aliphatic heterocycles. The normalized spacial score (nSPS) is 21.5. The molecule has 37 heavy (non-hydrogen) atoms. The molecule has 1 aromatic carbocycles. The van der Waals surface area contributed by atoms with Crippen LogP contribution < -0.4 is 10.9 Å². The minimum Gasteiger partial charge on any atom is -0.465 e. The summed E-state index contributed by atoms with van der Waals surface area (Å²) in [7, 11) is 0. The largest absolute Gasteiger partial charge is 0.465 e. The fourth-order valence-corrected chi connectivity index (χ4v) is 6.38. The Bertz CT molecular complexity index is 1540. The van der Waals surface area contributed by atoms with Gasteiger partial charge in [0, 0.05) is 40.4 Å². The quantitative estimate of drug-likeness (QED) is 0.323. The van der Waals surface area contributed by atoms with Crippen LogP contribution in [-0.2, 0) is 12.1 Å². The van der Waals surface area contributed by atoms with Crippen molar-refractivity contribution in [3.05, 3.63) is 76.8 Å². The summed E-state index contributed by atoms with van der Waals surface area (Å²) in [6, 6.07) is 13.7. The van der Waals surface area contributed by atoms with E-state index >= 15 is 0 Å². The number of amides is 1. The van der Waals surface area contributed by atoms with Crippen molar-refractivity contribution in [2.45, 2.75) is 43.6 Å². The number of thiophene rings is 1. The van der Waals surface area contributed by atoms with Gasteiger partial charge in [-0.3, -0.25) is 9.78 Å². The van der Waals surface area contributed by atoms with E-state index in [1.54, 1.807) is 55.6 Å². The molecule has 0 bridgehead atoms. The Labute approximate surface area is 212 Å². The summed E-state index contributed by atoms with van der Waals surface area (Å²) in [4.78, 5) is 29.6. The van der Waals surface area contributed by atoms with Crippen LogP contribution in [-0.4, -0.2) is 37.6 Å². The maximum atomic E-state index is 13.2. The van der Waals surface area contributed by atoms with Crippen LogP contribution in [0.2, 0.25) is 0 Å². The first kappa shape index (κ1) is 25.0. The molecule has 4 aromatic rings. The van der Waals surface area contributed by atoms with Gasteiger partial charge in [0.2, 0.25) is 0 Å². The summed E-state index contributed by atoms with van der Waals surface area (Å²) >= 11 is 1.27. The number of hydrogen-bond acceptors (Lipinski definition) is 5. The van der Waals surface area contributed by atoms with E-state index in [-0.39, 0.29) is 18.2 Å². The second-order valence-electron chi connectivity index (χ2n) is 9.56. The molecule has 1 amide bonds. The zero-order valence-corrected chi connectivity index (χ0v) is 20.4. The Morgan fingerprint density at radius 2 is 1.86 bits per heavy atom. The van der Waals surface area contributed by atoms with Crippen molar-refractivity contribution in [2.75, 3.05) is 0 Å². The lowest BCUT2D eigenvalue weighted by atomic mass is 9.62. The van der Waals surface area contributed by atoms with E-state index in [1.807, 2.05) is 0 Å². The van der Waals surface area contributed by atoms with Gasteiger partial charge in [0.15, 0.2) is 0 Å². The van der Waals surface area contributed by atoms with Crippen molar-refractivity contribution >= 4 is 27.5 Å². The molecule has 1 aliphatic carbocycles. The highest BCUT2D eigenvalue weighted by Crippen LogP contribution is 2.49. The summed E-state index contributed by atoms with van der Waals surface area (Å²) in [6.45, 7) is 0.247. The van der Waals surface area contributed by atoms with E-state index in [2.05, 4.69) is 10.3 Å². The van der Waals surface area contributed by atoms with Gasteiger partial charge in [0.25, 0.3) is 5.56 Å². The second kappa shape index (κ2) is 8.70. The predicted octanol–water partition coefficient (Wildman–Crippen LogP) is 5.36. The molecule has 1 saturated carbocycles. The molecule has 192 valence electrons. The molecule has 7 nitrogen and oxygen atoms in total. The Morgan fingerprint density at radius 3 is 2.43 bits per heavy atom. The van der Waals surface area contributed by atoms with Crippen LogP contribution in [0.3, 0.4) is 0 Å². The van der Waals surface area contributed by atoms with Crippen molar-refractivity contribution in [1.29, 1.82) is 0 Å². The van der Waals surface area contributed by atoms with Gasteiger partial charge >= 0.3 is 12.3 Å². The number of nitrogens with one attached hydrogen (secondary N) is 1. The number of nitrogens with zero attached hydrogens (tertiary/aromatic N) is 2. The summed E-state index contributed by atoms with van der Waals surface area (Å²) < 4.78 is 40.4. The SMILES string of the molecule is CC1(O)CC(NC(=O)O)(c2ccc(-c3sc4ccn(CC(F)(F)F)c(=O)c4c3-c3ccccn3)cc2)C1. The third-order valence-corrected chi connectivity index (χ3v) is 7.70. The Morgan fingerprint density at radius 1 is 1.16 bits per heavy atom. The van der Waals surface area contributed by atoms with Gasteiger partial charge in [-0.25, -0.2) is 4.79 Å². The van der Waals surface area contributed by atoms with Gasteiger partial charge < -0.3 is 20.1 Å². The number of hydrogen-bond donors (Lipinski definition) is 3. The first-order valence-corrected chi connectivity index (χ1v) is 12.2. The summed E-state index contributed by atoms with van der Waals surface area (Å²) in [5, 5.41) is 22.3. The molecule has 0 spiro atoms. The van der Waals surface area contributed by atoms with Gasteiger partial charge in [-0.1, -0.05) is 30.3 Å². The van der Waals surface area contributed by atoms with Crippen LogP contribution in [0.1, 0.15) is 25.3 Å². The van der Waals surface area contributed by atoms with Crippen molar-refractivity contribution in [1.82, 2.24) is 14.9 Å². The lowest BCUT2D eigenvalue weighted by molar-refractivity contribution is -0.141. The second-order valence-corrected chi connectivity index (χ2v) is 10.6. The zero-order chi connectivity index (χ0) is 26.6. The van der Waals surface area contributed by atoms with Crippen LogP contribution >= 0.6 is 11.3 Å². The molecule has 0 saturated heterocycles. The van der Waals surface area contributed by atoms with E-state index < -0.39 is 35.5 Å². The lowest BCUT2D eigenvalue weighted by Crippen LogP contribution is -2.61. The maximum Gasteiger partial charge on any atom is 0.406 e. The number of fused-ring (bicyclic) bond motifs is 1. The Balaban J connectivity index is 1.64. The fraction of sp³-hybridized carbons (Fsp3) is 0.269. The van der Waals surface area contributed by atoms with E-state index in [9.17, 15) is 33.0 Å². The molecule has 0 atom stereocenters. The van der Waals surface area contributed by atoms with Crippen LogP contribution in [0.15, 0.2) is 65.7 Å². The monoisotopic (exact) mass is 529 g/mol. The molecular formula is C26H22F3N3O4S. The van der Waals surface area contributed by atoms with Crippen LogP contribution in [0.4, 0.5) is 18.0 Å². The fourth-order valence-electron chi connectivity index (χ4n) is 5.18. The smallest absolute Gasteiger partial charge is 0.406 e. The average Bonchev–Trinajstić information content (AvgIpc) is 3.19. The van der Waals surface area contributed by atoms with Gasteiger partial charge in [0.1, 0.15) is 6.54 Å². The molecular weight excluding hydrogens is 507 g/mol. The molecule has 3 aromatic heterocycles. The minimum absolute atomic E-state index is 0.161. The van der Waals surface area contributed by atoms with Gasteiger partial charge in [-0.15, -0.1) is 11.3 Å². The number of halogens is 3. The molecule has 1 aliphatic rings. The Hall–Kier alpha value is -3.70. The summed E-state index contributed by atoms with van der Waals surface area (Å²) in [5.74, 6) is 0. The van der Waals surface area contributed by atoms with Crippen LogP contribution in [0.25, 0.3) is 31.8 Å². The van der Waals surface area contributed by atoms with Crippen molar-refractivity contribution in [2.24, 2.45) is 0 Å². The first-order chi connectivity index (χ1) is 17.4. The van der Waals surface area contributed by atoms with Crippen LogP contribution in [0, 0.1) is 0 Å². The standard InChI is InChI=1S/C26H22F3N3O4S/c1-24(36)12-25(13-24,31-23(34)35)16-7-5-15(6-8-16)21-19(17-4-2-3-10-30-17)20-18(37-21)9-11-32(22(20)33)14-26(27,28)29/h2-11,31,36H,12-14H2,1H3,(H,34,35). The number of carbonyl (C=O) groups is 1. The third-order valence-electron chi connectivity index (χ3n) is 6.50. The van der Waals surface area contributed by atoms with Gasteiger partial charge in [0.05, 0.1) is 22.2 Å². The van der Waals surface area contributed by atoms with Crippen molar-refractivity contribution in [3.8, 4) is 21.7 Å². The van der Waals surface area contributed by atoms with E-state index in [4.69, 9.17) is 0 Å². The molecule has 0 radical (unpaired) electrons. The predicted molar refractivity (Wildman–Crippen MR) is 134 cm³/mol. The van der Waals surface area contributed by atoms with E-state index in [1.165, 1.54) is 17.4 Å². The summed E-state index contributed by atoms with van der Waals surface area (Å²) in [6.07, 6.45) is -2.63. The molecule has 5 rings (SSSR count). The molecule has 3 N–H and O–H groups in total. The van der Waals surface area contributed by atoms with Crippen molar-refractivity contribution < 1.29 is 28.2 Å². The highest BCUT2D eigenvalue weighted by molar-refractivity contribution is 7.23. The maximum absolute atomic E-state index is 13.2. The highest BCUT2D eigenvalue weighted by atomic mass is 32.1. The molecule has 1 fully saturated rings. The number of pyridine rings is 2. The van der Waals surface area contributed by atoms with Crippen LogP contribution in [0.5, 0.6) is 0 Å². The topological polar surface area (TPSA) is 104 Å². The lowest BCUT2D eigenvalue weighted by Gasteiger charge is -2.51. The Kier molecular flexibility index (Phi) is 5.87. The minimum atomic E-state index is -4.55. The average molecular weight is 530 g/mol. The highest BCUT2D eigenvalue weighted by Gasteiger charge is 2.53. The number of alkyl halides is 3. The zero-order valence-electron chi connectivity index (χ0n) is 19.5. The van der Waals surface area contributed by atoms with Gasteiger partial charge in [-0.05, 0) is 36.2 Å². The van der Waals surface area contributed by atoms with Crippen molar-refractivity contribution in [3.63, 3.8) is 0 Å². The number of aliphatic hydroxyl groups is 1. The molecule has 11 heteroatoms.